The lowest BCUT2D eigenvalue weighted by atomic mass is 10.1. The highest BCUT2D eigenvalue weighted by molar-refractivity contribution is 8.15. The molecule has 0 unspecified atom stereocenters. The van der Waals surface area contributed by atoms with Crippen LogP contribution in [-0.4, -0.2) is 27.4 Å². The summed E-state index contributed by atoms with van der Waals surface area (Å²) in [6.07, 6.45) is 3.59. The first-order valence-electron chi connectivity index (χ1n) is 10.3. The van der Waals surface area contributed by atoms with E-state index in [9.17, 15) is 4.79 Å². The summed E-state index contributed by atoms with van der Waals surface area (Å²) >= 11 is 1.53. The van der Waals surface area contributed by atoms with Crippen molar-refractivity contribution in [3.05, 3.63) is 83.4 Å². The fraction of sp³-hybridized carbons (Fsp3) is 0.240. The van der Waals surface area contributed by atoms with Crippen LogP contribution in [-0.2, 0) is 11.3 Å². The minimum Gasteiger partial charge on any atom is -0.284 e. The number of carbonyl (C=O) groups excluding carboxylic acids is 1. The van der Waals surface area contributed by atoms with E-state index in [2.05, 4.69) is 54.4 Å². The number of benzene rings is 3. The average Bonchev–Trinajstić information content (AvgIpc) is 3.05. The van der Waals surface area contributed by atoms with E-state index in [0.29, 0.717) is 11.7 Å². The summed E-state index contributed by atoms with van der Waals surface area (Å²) in [5, 5.41) is 11.7. The fourth-order valence-electron chi connectivity index (χ4n) is 3.64. The van der Waals surface area contributed by atoms with Crippen LogP contribution >= 0.6 is 11.8 Å². The summed E-state index contributed by atoms with van der Waals surface area (Å²) in [7, 11) is 0. The molecule has 0 aromatic heterocycles. The Morgan fingerprint density at radius 1 is 1.03 bits per heavy atom. The molecule has 1 amide bonds. The van der Waals surface area contributed by atoms with E-state index >= 15 is 0 Å². The quantitative estimate of drug-likeness (QED) is 0.378. The van der Waals surface area contributed by atoms with Crippen LogP contribution in [0.5, 0.6) is 0 Å². The largest absolute Gasteiger partial charge is 0.284 e. The maximum absolute atomic E-state index is 13.0. The molecule has 1 aliphatic heterocycles. The Balaban J connectivity index is 1.62. The fourth-order valence-corrected chi connectivity index (χ4v) is 4.85. The van der Waals surface area contributed by atoms with Gasteiger partial charge in [-0.25, -0.2) is 0 Å². The molecule has 1 aliphatic rings. The number of amides is 1. The van der Waals surface area contributed by atoms with Crippen LogP contribution < -0.4 is 0 Å². The molecule has 1 saturated heterocycles. The lowest BCUT2D eigenvalue weighted by molar-refractivity contribution is -0.126. The second-order valence-electron chi connectivity index (χ2n) is 7.44. The van der Waals surface area contributed by atoms with Gasteiger partial charge in [-0.3, -0.25) is 9.69 Å². The van der Waals surface area contributed by atoms with Gasteiger partial charge in [-0.2, -0.15) is 5.10 Å². The van der Waals surface area contributed by atoms with E-state index in [0.717, 1.165) is 29.4 Å². The summed E-state index contributed by atoms with van der Waals surface area (Å²) in [4.78, 5) is 14.8. The van der Waals surface area contributed by atoms with Crippen molar-refractivity contribution in [3.63, 3.8) is 0 Å². The van der Waals surface area contributed by atoms with Crippen LogP contribution in [0.4, 0.5) is 0 Å². The predicted molar refractivity (Wildman–Crippen MR) is 127 cm³/mol. The zero-order valence-electron chi connectivity index (χ0n) is 17.3. The number of hydrogen-bond donors (Lipinski definition) is 0. The number of amidine groups is 1. The third-order valence-electron chi connectivity index (χ3n) is 5.32. The molecule has 0 spiro atoms. The molecule has 152 valence electrons. The lowest BCUT2D eigenvalue weighted by Gasteiger charge is -2.17. The number of rotatable bonds is 6. The molecular formula is C25H25N3OS. The van der Waals surface area contributed by atoms with Crippen LogP contribution in [0, 0.1) is 6.92 Å². The number of aryl methyl sites for hydroxylation is 1. The molecule has 30 heavy (non-hydrogen) atoms. The molecule has 3 aromatic carbocycles. The smallest absolute Gasteiger partial charge is 0.242 e. The van der Waals surface area contributed by atoms with Crippen LogP contribution in [0.2, 0.25) is 0 Å². The summed E-state index contributed by atoms with van der Waals surface area (Å²) in [5.74, 6) is 0.129. The molecule has 3 aromatic rings. The standard InChI is InChI=1S/C25H25N3OS/c1-3-9-23-24(29)28(17-21-12-5-4-10-18(21)2)25(30-23)27-26-16-20-14-8-13-19-11-6-7-15-22(19)20/h4-8,10-16,23H,3,9,17H2,1-2H3/b26-16-,27-25-/t23-/m0/s1. The second kappa shape index (κ2) is 9.26. The van der Waals surface area contributed by atoms with E-state index in [1.807, 2.05) is 36.4 Å². The van der Waals surface area contributed by atoms with Crippen LogP contribution in [0.1, 0.15) is 36.5 Å². The minimum absolute atomic E-state index is 0.0782. The van der Waals surface area contributed by atoms with Crippen molar-refractivity contribution in [1.82, 2.24) is 4.90 Å². The van der Waals surface area contributed by atoms with E-state index in [4.69, 9.17) is 0 Å². The Kier molecular flexibility index (Phi) is 6.29. The molecule has 0 bridgehead atoms. The molecule has 4 nitrogen and oxygen atoms in total. The van der Waals surface area contributed by atoms with Gasteiger partial charge in [-0.15, -0.1) is 5.10 Å². The number of thioether (sulfide) groups is 1. The van der Waals surface area contributed by atoms with Crippen LogP contribution in [0.25, 0.3) is 10.8 Å². The molecule has 5 heteroatoms. The topological polar surface area (TPSA) is 45.0 Å². The SMILES string of the molecule is CCC[C@@H]1S/C(=N\N=C/c2cccc3ccccc23)N(Cc2ccccc2C)C1=O. The van der Waals surface area contributed by atoms with Gasteiger partial charge in [-0.1, -0.05) is 91.8 Å². The van der Waals surface area contributed by atoms with Crippen LogP contribution in [0.3, 0.4) is 0 Å². The third-order valence-corrected chi connectivity index (χ3v) is 6.56. The Bertz CT molecular complexity index is 1120. The molecular weight excluding hydrogens is 390 g/mol. The Hall–Kier alpha value is -2.92. The van der Waals surface area contributed by atoms with Gasteiger partial charge >= 0.3 is 0 Å². The normalized spacial score (nSPS) is 18.2. The first kappa shape index (κ1) is 20.4. The van der Waals surface area contributed by atoms with Gasteiger partial charge in [0.1, 0.15) is 0 Å². The average molecular weight is 416 g/mol. The Labute approximate surface area is 181 Å². The van der Waals surface area contributed by atoms with Gasteiger partial charge < -0.3 is 0 Å². The minimum atomic E-state index is -0.0782. The zero-order valence-corrected chi connectivity index (χ0v) is 18.1. The Morgan fingerprint density at radius 2 is 1.80 bits per heavy atom. The van der Waals surface area contributed by atoms with Gasteiger partial charge in [0, 0.05) is 5.56 Å². The summed E-state index contributed by atoms with van der Waals surface area (Å²) < 4.78 is 0. The first-order chi connectivity index (χ1) is 14.7. The van der Waals surface area contributed by atoms with Crippen molar-refractivity contribution in [2.24, 2.45) is 10.2 Å². The monoisotopic (exact) mass is 415 g/mol. The summed E-state index contributed by atoms with van der Waals surface area (Å²) in [5.41, 5.74) is 3.32. The van der Waals surface area contributed by atoms with E-state index < -0.39 is 0 Å². The van der Waals surface area contributed by atoms with E-state index in [1.165, 1.54) is 22.7 Å². The highest BCUT2D eigenvalue weighted by Crippen LogP contribution is 2.32. The zero-order chi connectivity index (χ0) is 20.9. The van der Waals surface area contributed by atoms with Gasteiger partial charge in [0.05, 0.1) is 18.0 Å². The second-order valence-corrected chi connectivity index (χ2v) is 8.61. The molecule has 4 rings (SSSR count). The van der Waals surface area contributed by atoms with Crippen molar-refractivity contribution < 1.29 is 4.79 Å². The Morgan fingerprint density at radius 3 is 2.63 bits per heavy atom. The molecule has 0 N–H and O–H groups in total. The van der Waals surface area contributed by atoms with Crippen molar-refractivity contribution in [1.29, 1.82) is 0 Å². The number of hydrogen-bond acceptors (Lipinski definition) is 4. The molecule has 1 fully saturated rings. The molecule has 0 saturated carbocycles. The summed E-state index contributed by atoms with van der Waals surface area (Å²) in [6, 6.07) is 22.5. The van der Waals surface area contributed by atoms with Crippen molar-refractivity contribution in [3.8, 4) is 0 Å². The number of carbonyl (C=O) groups is 1. The maximum atomic E-state index is 13.0. The van der Waals surface area contributed by atoms with Crippen LogP contribution in [0.15, 0.2) is 76.9 Å². The predicted octanol–water partition coefficient (Wildman–Crippen LogP) is 5.78. The van der Waals surface area contributed by atoms with Crippen molar-refractivity contribution >= 4 is 39.8 Å². The lowest BCUT2D eigenvalue weighted by Crippen LogP contribution is -2.31. The van der Waals surface area contributed by atoms with Crippen molar-refractivity contribution in [2.45, 2.75) is 38.5 Å². The number of fused-ring (bicyclic) bond motifs is 1. The first-order valence-corrected chi connectivity index (χ1v) is 11.2. The summed E-state index contributed by atoms with van der Waals surface area (Å²) in [6.45, 7) is 4.71. The molecule has 1 heterocycles. The molecule has 0 radical (unpaired) electrons. The van der Waals surface area contributed by atoms with E-state index in [-0.39, 0.29) is 11.2 Å². The third kappa shape index (κ3) is 4.31. The van der Waals surface area contributed by atoms with E-state index in [1.54, 1.807) is 11.1 Å². The number of nitrogens with zero attached hydrogens (tertiary/aromatic N) is 3. The van der Waals surface area contributed by atoms with Gasteiger partial charge in [-0.05, 0) is 35.2 Å². The van der Waals surface area contributed by atoms with Gasteiger partial charge in [0.2, 0.25) is 5.91 Å². The molecule has 1 atom stereocenters. The molecule has 0 aliphatic carbocycles. The maximum Gasteiger partial charge on any atom is 0.242 e. The van der Waals surface area contributed by atoms with Crippen molar-refractivity contribution in [2.75, 3.05) is 0 Å². The highest BCUT2D eigenvalue weighted by Gasteiger charge is 2.37. The van der Waals surface area contributed by atoms with Gasteiger partial charge in [0.25, 0.3) is 0 Å². The van der Waals surface area contributed by atoms with Gasteiger partial charge in [0.15, 0.2) is 5.17 Å². The highest BCUT2D eigenvalue weighted by atomic mass is 32.2.